The predicted octanol–water partition coefficient (Wildman–Crippen LogP) is 4.72. The first-order valence-electron chi connectivity index (χ1n) is 6.70. The van der Waals surface area contributed by atoms with Gasteiger partial charge in [-0.25, -0.2) is 4.98 Å². The lowest BCUT2D eigenvalue weighted by Gasteiger charge is -2.10. The summed E-state index contributed by atoms with van der Waals surface area (Å²) in [7, 11) is 0. The van der Waals surface area contributed by atoms with Crippen LogP contribution in [0.1, 0.15) is 16.1 Å². The molecule has 0 radical (unpaired) electrons. The van der Waals surface area contributed by atoms with Crippen molar-refractivity contribution in [2.75, 3.05) is 0 Å². The Morgan fingerprint density at radius 1 is 1.00 bits per heavy atom. The van der Waals surface area contributed by atoms with Crippen LogP contribution in [0.2, 0.25) is 10.2 Å². The van der Waals surface area contributed by atoms with Crippen molar-refractivity contribution in [3.63, 3.8) is 0 Å². The number of hydrogen-bond acceptors (Lipinski definition) is 2. The van der Waals surface area contributed by atoms with Gasteiger partial charge in [-0.05, 0) is 29.8 Å². The first-order valence-corrected chi connectivity index (χ1v) is 7.45. The van der Waals surface area contributed by atoms with E-state index in [2.05, 4.69) is 4.98 Å². The fourth-order valence-electron chi connectivity index (χ4n) is 2.29. The monoisotopic (exact) mass is 330 g/mol. The molecule has 22 heavy (non-hydrogen) atoms. The Morgan fingerprint density at radius 3 is 2.32 bits per heavy atom. The fourth-order valence-corrected chi connectivity index (χ4v) is 2.65. The van der Waals surface area contributed by atoms with E-state index in [1.807, 2.05) is 47.0 Å². The second-order valence-electron chi connectivity index (χ2n) is 4.81. The number of hydrogen-bond donors (Lipinski definition) is 0. The normalized spacial score (nSPS) is 10.6. The van der Waals surface area contributed by atoms with Crippen molar-refractivity contribution in [1.29, 1.82) is 0 Å². The zero-order valence-corrected chi connectivity index (χ0v) is 13.1. The van der Waals surface area contributed by atoms with E-state index in [4.69, 9.17) is 23.2 Å². The van der Waals surface area contributed by atoms with Gasteiger partial charge in [-0.15, -0.1) is 0 Å². The van der Waals surface area contributed by atoms with Gasteiger partial charge in [0.1, 0.15) is 11.5 Å². The molecule has 0 fully saturated rings. The molecule has 0 saturated carbocycles. The number of carbonyl (C=O) groups excluding carboxylic acids is 1. The average molecular weight is 331 g/mol. The molecule has 0 saturated heterocycles. The summed E-state index contributed by atoms with van der Waals surface area (Å²) in [5.74, 6) is 0.646. The molecule has 0 amide bonds. The number of rotatable bonds is 4. The van der Waals surface area contributed by atoms with Gasteiger partial charge >= 0.3 is 0 Å². The Balaban J connectivity index is 2.10. The van der Waals surface area contributed by atoms with Crippen LogP contribution < -0.4 is 0 Å². The summed E-state index contributed by atoms with van der Waals surface area (Å²) in [4.78, 5) is 15.7. The van der Waals surface area contributed by atoms with E-state index < -0.39 is 0 Å². The standard InChI is InChI=1S/C17H12Cl2N2O/c18-14-8-6-13(7-9-14)17-20-16(19)15(11-22)21(17)10-12-4-2-1-3-5-12/h1-9,11H,10H2. The third-order valence-electron chi connectivity index (χ3n) is 3.36. The summed E-state index contributed by atoms with van der Waals surface area (Å²) in [6.07, 6.45) is 0.734. The minimum atomic E-state index is 0.205. The molecule has 0 spiro atoms. The van der Waals surface area contributed by atoms with E-state index in [9.17, 15) is 4.79 Å². The van der Waals surface area contributed by atoms with E-state index in [0.717, 1.165) is 17.4 Å². The molecule has 2 aromatic carbocycles. The summed E-state index contributed by atoms with van der Waals surface area (Å²) in [5.41, 5.74) is 2.29. The molecular weight excluding hydrogens is 319 g/mol. The van der Waals surface area contributed by atoms with E-state index in [-0.39, 0.29) is 5.15 Å². The van der Waals surface area contributed by atoms with Crippen molar-refractivity contribution >= 4 is 29.5 Å². The second-order valence-corrected chi connectivity index (χ2v) is 5.60. The van der Waals surface area contributed by atoms with Gasteiger partial charge in [0.2, 0.25) is 0 Å². The largest absolute Gasteiger partial charge is 0.316 e. The molecular formula is C17H12Cl2N2O. The zero-order valence-electron chi connectivity index (χ0n) is 11.5. The number of halogens is 2. The van der Waals surface area contributed by atoms with Crippen LogP contribution in [0.15, 0.2) is 54.6 Å². The quantitative estimate of drug-likeness (QED) is 0.649. The van der Waals surface area contributed by atoms with Gasteiger partial charge in [-0.3, -0.25) is 4.79 Å². The molecule has 5 heteroatoms. The Kier molecular flexibility index (Phi) is 4.27. The van der Waals surface area contributed by atoms with Crippen LogP contribution in [-0.2, 0) is 6.54 Å². The minimum absolute atomic E-state index is 0.205. The van der Waals surface area contributed by atoms with Crippen LogP contribution in [-0.4, -0.2) is 15.8 Å². The van der Waals surface area contributed by atoms with Crippen molar-refractivity contribution in [3.05, 3.63) is 76.0 Å². The van der Waals surface area contributed by atoms with Gasteiger partial charge < -0.3 is 4.57 Å². The molecule has 3 rings (SSSR count). The van der Waals surface area contributed by atoms with Crippen molar-refractivity contribution in [2.45, 2.75) is 6.54 Å². The molecule has 0 bridgehead atoms. The summed E-state index contributed by atoms with van der Waals surface area (Å²) in [6, 6.07) is 17.1. The SMILES string of the molecule is O=Cc1c(Cl)nc(-c2ccc(Cl)cc2)n1Cc1ccccc1. The Morgan fingerprint density at radius 2 is 1.68 bits per heavy atom. The van der Waals surface area contributed by atoms with E-state index in [0.29, 0.717) is 23.1 Å². The third kappa shape index (κ3) is 2.91. The van der Waals surface area contributed by atoms with E-state index >= 15 is 0 Å². The van der Waals surface area contributed by atoms with Gasteiger partial charge in [-0.2, -0.15) is 0 Å². The molecule has 0 unspecified atom stereocenters. The van der Waals surface area contributed by atoms with Gasteiger partial charge in [0.05, 0.1) is 0 Å². The topological polar surface area (TPSA) is 34.9 Å². The van der Waals surface area contributed by atoms with E-state index in [1.165, 1.54) is 0 Å². The Bertz CT molecular complexity index is 796. The highest BCUT2D eigenvalue weighted by Crippen LogP contribution is 2.26. The lowest BCUT2D eigenvalue weighted by Crippen LogP contribution is -2.06. The van der Waals surface area contributed by atoms with Gasteiger partial charge in [-0.1, -0.05) is 53.5 Å². The highest BCUT2D eigenvalue weighted by molar-refractivity contribution is 6.32. The maximum absolute atomic E-state index is 11.4. The zero-order chi connectivity index (χ0) is 15.5. The average Bonchev–Trinajstić information content (AvgIpc) is 2.85. The van der Waals surface area contributed by atoms with Crippen LogP contribution in [0.3, 0.4) is 0 Å². The molecule has 3 nitrogen and oxygen atoms in total. The van der Waals surface area contributed by atoms with Gasteiger partial charge in [0.15, 0.2) is 11.4 Å². The molecule has 0 aliphatic rings. The highest BCUT2D eigenvalue weighted by atomic mass is 35.5. The van der Waals surface area contributed by atoms with Crippen LogP contribution in [0.4, 0.5) is 0 Å². The van der Waals surface area contributed by atoms with Crippen LogP contribution in [0, 0.1) is 0 Å². The Labute approximate surface area is 138 Å². The molecule has 1 aromatic heterocycles. The second kappa shape index (κ2) is 6.34. The maximum Gasteiger partial charge on any atom is 0.169 e. The minimum Gasteiger partial charge on any atom is -0.316 e. The van der Waals surface area contributed by atoms with Crippen LogP contribution >= 0.6 is 23.2 Å². The summed E-state index contributed by atoms with van der Waals surface area (Å²) in [6.45, 7) is 0.520. The summed E-state index contributed by atoms with van der Waals surface area (Å²) < 4.78 is 1.81. The third-order valence-corrected chi connectivity index (χ3v) is 3.89. The summed E-state index contributed by atoms with van der Waals surface area (Å²) in [5, 5.41) is 0.850. The number of imidazole rings is 1. The van der Waals surface area contributed by atoms with Gasteiger partial charge in [0, 0.05) is 17.1 Å². The first kappa shape index (κ1) is 14.8. The highest BCUT2D eigenvalue weighted by Gasteiger charge is 2.17. The molecule has 3 aromatic rings. The van der Waals surface area contributed by atoms with Crippen LogP contribution in [0.25, 0.3) is 11.4 Å². The van der Waals surface area contributed by atoms with Crippen molar-refractivity contribution in [3.8, 4) is 11.4 Å². The number of benzene rings is 2. The Hall–Kier alpha value is -2.10. The molecule has 0 N–H and O–H groups in total. The van der Waals surface area contributed by atoms with Crippen molar-refractivity contribution < 1.29 is 4.79 Å². The predicted molar refractivity (Wildman–Crippen MR) is 88.6 cm³/mol. The molecule has 1 heterocycles. The number of nitrogens with zero attached hydrogens (tertiary/aromatic N) is 2. The maximum atomic E-state index is 11.4. The molecule has 110 valence electrons. The smallest absolute Gasteiger partial charge is 0.169 e. The lowest BCUT2D eigenvalue weighted by molar-refractivity contribution is 0.111. The first-order chi connectivity index (χ1) is 10.7. The molecule has 0 aliphatic carbocycles. The number of aldehydes is 1. The van der Waals surface area contributed by atoms with Gasteiger partial charge in [0.25, 0.3) is 0 Å². The number of carbonyl (C=O) groups is 1. The lowest BCUT2D eigenvalue weighted by atomic mass is 10.2. The van der Waals surface area contributed by atoms with E-state index in [1.54, 1.807) is 12.1 Å². The van der Waals surface area contributed by atoms with Crippen LogP contribution in [0.5, 0.6) is 0 Å². The molecule has 0 atom stereocenters. The fraction of sp³-hybridized carbons (Fsp3) is 0.0588. The van der Waals surface area contributed by atoms with Crippen molar-refractivity contribution in [1.82, 2.24) is 9.55 Å². The van der Waals surface area contributed by atoms with Crippen molar-refractivity contribution in [2.24, 2.45) is 0 Å². The summed E-state index contributed by atoms with van der Waals surface area (Å²) >= 11 is 12.0. The molecule has 0 aliphatic heterocycles. The number of aromatic nitrogens is 2.